The molecule has 0 unspecified atom stereocenters. The van der Waals surface area contributed by atoms with Gasteiger partial charge < -0.3 is 9.32 Å². The number of aromatic nitrogens is 3. The number of fused-ring (bicyclic) bond motifs is 3. The highest BCUT2D eigenvalue weighted by atomic mass is 16.3. The van der Waals surface area contributed by atoms with Crippen molar-refractivity contribution in [3.05, 3.63) is 234 Å². The maximum absolute atomic E-state index is 6.80. The molecule has 0 fully saturated rings. The SMILES string of the molecule is C=C/C=C\c1c(C)oc2c(C3(c4ccccc4)c4ccccc4N(c4ccc(-c5nc(-c6ccccc6)nc(-c6ccccc6)n5)c(C)c4)c4ccccc43)cccc12. The lowest BCUT2D eigenvalue weighted by Crippen LogP contribution is -2.37. The van der Waals surface area contributed by atoms with Crippen LogP contribution >= 0.6 is 0 Å². The Bertz CT molecular complexity index is 2940. The second kappa shape index (κ2) is 14.7. The molecule has 1 aliphatic heterocycles. The molecule has 0 aliphatic carbocycles. The molecule has 282 valence electrons. The monoisotopic (exact) mass is 760 g/mol. The first-order valence-electron chi connectivity index (χ1n) is 19.9. The van der Waals surface area contributed by atoms with Crippen molar-refractivity contribution in [2.45, 2.75) is 19.3 Å². The summed E-state index contributed by atoms with van der Waals surface area (Å²) in [6.07, 6.45) is 5.86. The van der Waals surface area contributed by atoms with Crippen LogP contribution in [0.25, 0.3) is 51.2 Å². The fourth-order valence-corrected chi connectivity index (χ4v) is 8.86. The van der Waals surface area contributed by atoms with Crippen LogP contribution in [0.1, 0.15) is 39.1 Å². The van der Waals surface area contributed by atoms with Gasteiger partial charge in [0.2, 0.25) is 0 Å². The van der Waals surface area contributed by atoms with Gasteiger partial charge in [-0.05, 0) is 66.4 Å². The number of hydrogen-bond acceptors (Lipinski definition) is 5. The Labute approximate surface area is 344 Å². The molecule has 0 saturated carbocycles. The summed E-state index contributed by atoms with van der Waals surface area (Å²) in [4.78, 5) is 17.4. The molecule has 0 amide bonds. The molecule has 3 heterocycles. The highest BCUT2D eigenvalue weighted by molar-refractivity contribution is 5.96. The summed E-state index contributed by atoms with van der Waals surface area (Å²) >= 11 is 0. The van der Waals surface area contributed by atoms with Crippen molar-refractivity contribution in [3.8, 4) is 34.2 Å². The molecule has 5 nitrogen and oxygen atoms in total. The number of aryl methyl sites for hydroxylation is 2. The second-order valence-corrected chi connectivity index (χ2v) is 14.9. The van der Waals surface area contributed by atoms with E-state index in [1.54, 1.807) is 6.08 Å². The molecule has 2 aromatic heterocycles. The summed E-state index contributed by atoms with van der Waals surface area (Å²) in [6.45, 7) is 8.10. The van der Waals surface area contributed by atoms with E-state index in [0.29, 0.717) is 17.5 Å². The molecule has 5 heteroatoms. The van der Waals surface area contributed by atoms with Gasteiger partial charge in [0.05, 0.1) is 16.8 Å². The van der Waals surface area contributed by atoms with Crippen molar-refractivity contribution < 1.29 is 4.42 Å². The van der Waals surface area contributed by atoms with E-state index in [4.69, 9.17) is 19.4 Å². The van der Waals surface area contributed by atoms with Gasteiger partial charge >= 0.3 is 0 Å². The molecule has 0 spiro atoms. The van der Waals surface area contributed by atoms with Crippen LogP contribution in [0.3, 0.4) is 0 Å². The first kappa shape index (κ1) is 35.8. The van der Waals surface area contributed by atoms with Crippen LogP contribution in [0.5, 0.6) is 0 Å². The number of anilines is 3. The van der Waals surface area contributed by atoms with E-state index in [0.717, 1.165) is 83.9 Å². The number of nitrogens with zero attached hydrogens (tertiary/aromatic N) is 4. The lowest BCUT2D eigenvalue weighted by molar-refractivity contribution is 0.566. The van der Waals surface area contributed by atoms with Gasteiger partial charge in [-0.25, -0.2) is 15.0 Å². The number of para-hydroxylation sites is 3. The van der Waals surface area contributed by atoms with E-state index in [1.807, 2.05) is 73.7 Å². The van der Waals surface area contributed by atoms with Crippen LogP contribution in [0.2, 0.25) is 0 Å². The summed E-state index contributed by atoms with van der Waals surface area (Å²) < 4.78 is 6.80. The number of allylic oxidation sites excluding steroid dienone is 2. The molecule has 1 aliphatic rings. The number of benzene rings is 7. The summed E-state index contributed by atoms with van der Waals surface area (Å²) in [6, 6.07) is 61.8. The van der Waals surface area contributed by atoms with E-state index in [1.165, 1.54) is 0 Å². The van der Waals surface area contributed by atoms with Crippen molar-refractivity contribution in [2.24, 2.45) is 0 Å². The van der Waals surface area contributed by atoms with E-state index in [2.05, 4.69) is 140 Å². The van der Waals surface area contributed by atoms with Crippen molar-refractivity contribution in [2.75, 3.05) is 4.90 Å². The zero-order chi connectivity index (χ0) is 39.9. The standard InChI is InChI=1S/C54H40N4O/c1-4-5-26-43-37(3)59-50-44(43)27-19-30-47(50)54(40-24-13-8-14-25-40)45-28-15-17-31-48(45)58(49-32-18-16-29-46(49)54)41-33-34-42(36(2)35-41)53-56-51(38-20-9-6-10-21-38)55-52(57-53)39-22-11-7-12-23-39/h4-35H,1H2,2-3H3/b26-5-. The summed E-state index contributed by atoms with van der Waals surface area (Å²) in [5.74, 6) is 2.78. The van der Waals surface area contributed by atoms with Crippen LogP contribution in [-0.2, 0) is 5.41 Å². The number of furan rings is 1. The van der Waals surface area contributed by atoms with Gasteiger partial charge in [0.15, 0.2) is 17.5 Å². The van der Waals surface area contributed by atoms with Crippen molar-refractivity contribution in [3.63, 3.8) is 0 Å². The smallest absolute Gasteiger partial charge is 0.164 e. The molecule has 0 radical (unpaired) electrons. The van der Waals surface area contributed by atoms with E-state index in [9.17, 15) is 0 Å². The minimum Gasteiger partial charge on any atom is -0.460 e. The first-order valence-corrected chi connectivity index (χ1v) is 19.9. The summed E-state index contributed by atoms with van der Waals surface area (Å²) in [5.41, 5.74) is 12.9. The average Bonchev–Trinajstić information content (AvgIpc) is 3.62. The molecule has 0 N–H and O–H groups in total. The minimum absolute atomic E-state index is 0.633. The zero-order valence-corrected chi connectivity index (χ0v) is 32.9. The van der Waals surface area contributed by atoms with E-state index < -0.39 is 5.41 Å². The van der Waals surface area contributed by atoms with Crippen LogP contribution in [0.4, 0.5) is 17.1 Å². The quantitative estimate of drug-likeness (QED) is 0.144. The molecule has 10 rings (SSSR count). The lowest BCUT2D eigenvalue weighted by Gasteiger charge is -2.46. The Morgan fingerprint density at radius 2 is 1.10 bits per heavy atom. The van der Waals surface area contributed by atoms with E-state index >= 15 is 0 Å². The maximum atomic E-state index is 6.80. The Morgan fingerprint density at radius 1 is 0.559 bits per heavy atom. The second-order valence-electron chi connectivity index (χ2n) is 14.9. The molecule has 9 aromatic rings. The first-order chi connectivity index (χ1) is 29.1. The zero-order valence-electron chi connectivity index (χ0n) is 32.9. The van der Waals surface area contributed by atoms with Crippen molar-refractivity contribution in [1.82, 2.24) is 15.0 Å². The Morgan fingerprint density at radius 3 is 1.69 bits per heavy atom. The van der Waals surface area contributed by atoms with Crippen molar-refractivity contribution in [1.29, 1.82) is 0 Å². The Balaban J connectivity index is 1.18. The van der Waals surface area contributed by atoms with Gasteiger partial charge in [-0.2, -0.15) is 0 Å². The average molecular weight is 761 g/mol. The molecular weight excluding hydrogens is 721 g/mol. The topological polar surface area (TPSA) is 55.1 Å². The van der Waals surface area contributed by atoms with Crippen molar-refractivity contribution >= 4 is 34.1 Å². The predicted octanol–water partition coefficient (Wildman–Crippen LogP) is 13.6. The molecular formula is C54H40N4O. The van der Waals surface area contributed by atoms with Gasteiger partial charge in [-0.15, -0.1) is 0 Å². The molecule has 0 atom stereocenters. The van der Waals surface area contributed by atoms with Crippen LogP contribution in [-0.4, -0.2) is 15.0 Å². The van der Waals surface area contributed by atoms with Crippen LogP contribution in [0.15, 0.2) is 199 Å². The van der Waals surface area contributed by atoms with Gasteiger partial charge in [-0.1, -0.05) is 170 Å². The van der Waals surface area contributed by atoms with Gasteiger partial charge in [-0.3, -0.25) is 0 Å². The predicted molar refractivity (Wildman–Crippen MR) is 241 cm³/mol. The van der Waals surface area contributed by atoms with Gasteiger partial charge in [0.25, 0.3) is 0 Å². The van der Waals surface area contributed by atoms with Gasteiger partial charge in [0.1, 0.15) is 11.3 Å². The molecule has 0 saturated heterocycles. The lowest BCUT2D eigenvalue weighted by atomic mass is 9.62. The van der Waals surface area contributed by atoms with Gasteiger partial charge in [0, 0.05) is 38.9 Å². The maximum Gasteiger partial charge on any atom is 0.164 e. The molecule has 59 heavy (non-hydrogen) atoms. The number of hydrogen-bond donors (Lipinski definition) is 0. The fourth-order valence-electron chi connectivity index (χ4n) is 8.86. The third-order valence-electron chi connectivity index (χ3n) is 11.5. The van der Waals surface area contributed by atoms with Crippen LogP contribution < -0.4 is 4.90 Å². The Hall–Kier alpha value is -7.63. The highest BCUT2D eigenvalue weighted by Gasteiger charge is 2.48. The van der Waals surface area contributed by atoms with Crippen LogP contribution in [0, 0.1) is 13.8 Å². The minimum atomic E-state index is -0.713. The number of rotatable bonds is 8. The largest absolute Gasteiger partial charge is 0.460 e. The highest BCUT2D eigenvalue weighted by Crippen LogP contribution is 2.59. The Kier molecular flexibility index (Phi) is 8.91. The fraction of sp³-hybridized carbons (Fsp3) is 0.0556. The molecule has 7 aromatic carbocycles. The van der Waals surface area contributed by atoms with E-state index in [-0.39, 0.29) is 0 Å². The summed E-state index contributed by atoms with van der Waals surface area (Å²) in [5, 5.41) is 1.07. The summed E-state index contributed by atoms with van der Waals surface area (Å²) in [7, 11) is 0. The third kappa shape index (κ3) is 5.90. The third-order valence-corrected chi connectivity index (χ3v) is 11.5. The molecule has 0 bridgehead atoms. The normalized spacial score (nSPS) is 13.0.